The van der Waals surface area contributed by atoms with Crippen LogP contribution in [0.15, 0.2) is 30.3 Å². The summed E-state index contributed by atoms with van der Waals surface area (Å²) in [5.41, 5.74) is 0.105. The molecule has 0 radical (unpaired) electrons. The summed E-state index contributed by atoms with van der Waals surface area (Å²) in [5.74, 6) is -3.44. The molecular formula is C20H18ClF5N2O3S. The number of benzene rings is 2. The molecule has 0 saturated carbocycles. The van der Waals surface area contributed by atoms with Crippen molar-refractivity contribution in [1.29, 1.82) is 0 Å². The molecule has 1 amide bonds. The highest BCUT2D eigenvalue weighted by Gasteiger charge is 2.33. The van der Waals surface area contributed by atoms with E-state index in [-0.39, 0.29) is 23.4 Å². The first kappa shape index (κ1) is 24.2. The molecule has 0 spiro atoms. The molecule has 1 heterocycles. The zero-order valence-electron chi connectivity index (χ0n) is 16.6. The molecule has 0 aliphatic carbocycles. The van der Waals surface area contributed by atoms with Crippen LogP contribution >= 0.6 is 23.5 Å². The number of ether oxygens (including phenoxy) is 2. The molecule has 1 fully saturated rings. The third-order valence-corrected chi connectivity index (χ3v) is 5.43. The van der Waals surface area contributed by atoms with Gasteiger partial charge in [0.1, 0.15) is 18.2 Å². The first-order valence-corrected chi connectivity index (χ1v) is 11.0. The average Bonchev–Trinajstić information content (AvgIpc) is 3.17. The molecule has 174 valence electrons. The maximum Gasteiger partial charge on any atom is 0.573 e. The molecule has 1 saturated heterocycles. The van der Waals surface area contributed by atoms with E-state index < -0.39 is 35.2 Å². The fourth-order valence-electron chi connectivity index (χ4n) is 3.37. The van der Waals surface area contributed by atoms with E-state index in [4.69, 9.17) is 16.3 Å². The van der Waals surface area contributed by atoms with Gasteiger partial charge in [0.25, 0.3) is 5.91 Å². The van der Waals surface area contributed by atoms with Gasteiger partial charge >= 0.3 is 6.36 Å². The zero-order chi connectivity index (χ0) is 23.5. The SMILES string of the molecule is CSNC(=O)c1cc(F)c(OCC2CCCN2c2ccc(OC(F)(F)F)c(Cl)c2)cc1F. The van der Waals surface area contributed by atoms with Crippen molar-refractivity contribution in [3.8, 4) is 11.5 Å². The number of anilines is 1. The van der Waals surface area contributed by atoms with E-state index in [1.807, 2.05) is 4.90 Å². The van der Waals surface area contributed by atoms with Crippen molar-refractivity contribution in [3.05, 3.63) is 52.6 Å². The fraction of sp³-hybridized carbons (Fsp3) is 0.350. The molecule has 3 rings (SSSR count). The molecule has 12 heteroatoms. The van der Waals surface area contributed by atoms with E-state index in [0.29, 0.717) is 18.7 Å². The Kier molecular flexibility index (Phi) is 7.60. The lowest BCUT2D eigenvalue weighted by molar-refractivity contribution is -0.274. The molecule has 1 unspecified atom stereocenters. The number of nitrogens with one attached hydrogen (secondary N) is 1. The summed E-state index contributed by atoms with van der Waals surface area (Å²) in [6.45, 7) is 0.569. The van der Waals surface area contributed by atoms with Gasteiger partial charge in [-0.05, 0) is 37.1 Å². The van der Waals surface area contributed by atoms with Crippen LogP contribution in [0.25, 0.3) is 0 Å². The normalized spacial score (nSPS) is 16.2. The van der Waals surface area contributed by atoms with Crippen molar-refractivity contribution in [2.45, 2.75) is 25.2 Å². The lowest BCUT2D eigenvalue weighted by Crippen LogP contribution is -2.34. The Morgan fingerprint density at radius 1 is 1.22 bits per heavy atom. The molecule has 5 nitrogen and oxygen atoms in total. The second-order valence-corrected chi connectivity index (χ2v) is 7.88. The Morgan fingerprint density at radius 3 is 2.62 bits per heavy atom. The number of rotatable bonds is 7. The lowest BCUT2D eigenvalue weighted by Gasteiger charge is -2.27. The van der Waals surface area contributed by atoms with Crippen LogP contribution in [0.1, 0.15) is 23.2 Å². The number of carbonyl (C=O) groups excluding carboxylic acids is 1. The summed E-state index contributed by atoms with van der Waals surface area (Å²) in [7, 11) is 0. The summed E-state index contributed by atoms with van der Waals surface area (Å²) in [6, 6.07) is 5.23. The highest BCUT2D eigenvalue weighted by Crippen LogP contribution is 2.35. The van der Waals surface area contributed by atoms with E-state index in [2.05, 4.69) is 9.46 Å². The van der Waals surface area contributed by atoms with E-state index in [1.165, 1.54) is 12.1 Å². The fourth-order valence-corrected chi connectivity index (χ4v) is 3.88. The highest BCUT2D eigenvalue weighted by atomic mass is 35.5. The molecule has 32 heavy (non-hydrogen) atoms. The maximum atomic E-state index is 14.3. The van der Waals surface area contributed by atoms with E-state index >= 15 is 0 Å². The van der Waals surface area contributed by atoms with Gasteiger partial charge in [-0.1, -0.05) is 23.5 Å². The van der Waals surface area contributed by atoms with Crippen LogP contribution in [0.3, 0.4) is 0 Å². The van der Waals surface area contributed by atoms with Crippen LogP contribution in [-0.4, -0.2) is 37.7 Å². The second-order valence-electron chi connectivity index (χ2n) is 6.86. The molecular weight excluding hydrogens is 479 g/mol. The smallest absolute Gasteiger partial charge is 0.488 e. The predicted octanol–water partition coefficient (Wildman–Crippen LogP) is 5.57. The molecule has 1 atom stereocenters. The van der Waals surface area contributed by atoms with Crippen molar-refractivity contribution in [1.82, 2.24) is 4.72 Å². The van der Waals surface area contributed by atoms with Crippen LogP contribution in [0.5, 0.6) is 11.5 Å². The van der Waals surface area contributed by atoms with Gasteiger partial charge < -0.3 is 14.4 Å². The number of carbonyl (C=O) groups is 1. The Hall–Kier alpha value is -2.40. The van der Waals surface area contributed by atoms with Gasteiger partial charge in [-0.15, -0.1) is 13.2 Å². The van der Waals surface area contributed by atoms with Gasteiger partial charge in [0, 0.05) is 24.6 Å². The third-order valence-electron chi connectivity index (χ3n) is 4.74. The van der Waals surface area contributed by atoms with Crippen molar-refractivity contribution < 1.29 is 36.2 Å². The first-order valence-electron chi connectivity index (χ1n) is 9.36. The van der Waals surface area contributed by atoms with Crippen molar-refractivity contribution in [3.63, 3.8) is 0 Å². The number of alkyl halides is 3. The molecule has 0 bridgehead atoms. The zero-order valence-corrected chi connectivity index (χ0v) is 18.2. The molecule has 2 aromatic rings. The Labute approximate surface area is 189 Å². The number of hydrogen-bond donors (Lipinski definition) is 1. The van der Waals surface area contributed by atoms with Gasteiger partial charge in [0.05, 0.1) is 16.6 Å². The van der Waals surface area contributed by atoms with Gasteiger partial charge in [-0.25, -0.2) is 8.78 Å². The van der Waals surface area contributed by atoms with Crippen molar-refractivity contribution in [2.75, 3.05) is 24.3 Å². The topological polar surface area (TPSA) is 50.8 Å². The number of halogens is 6. The minimum absolute atomic E-state index is 0.00879. The van der Waals surface area contributed by atoms with E-state index in [9.17, 15) is 26.7 Å². The average molecular weight is 497 g/mol. The Balaban J connectivity index is 1.70. The van der Waals surface area contributed by atoms with Crippen LogP contribution in [0, 0.1) is 11.6 Å². The number of amides is 1. The number of nitrogens with zero attached hydrogens (tertiary/aromatic N) is 1. The third kappa shape index (κ3) is 5.89. The van der Waals surface area contributed by atoms with Crippen molar-refractivity contribution in [2.24, 2.45) is 0 Å². The van der Waals surface area contributed by atoms with Gasteiger partial charge in [0.15, 0.2) is 11.6 Å². The van der Waals surface area contributed by atoms with E-state index in [1.54, 1.807) is 6.26 Å². The standard InChI is InChI=1S/C20H18ClF5N2O3S/c1-32-27-19(29)13-8-16(23)18(9-15(13)22)30-10-12-3-2-6-28(12)11-4-5-17(14(21)7-11)31-20(24,25)26/h4-5,7-9,12H,2-3,6,10H2,1H3,(H,27,29). The van der Waals surface area contributed by atoms with Crippen molar-refractivity contribution >= 4 is 35.1 Å². The minimum atomic E-state index is -4.86. The van der Waals surface area contributed by atoms with Gasteiger partial charge in [0.2, 0.25) is 0 Å². The summed E-state index contributed by atoms with van der Waals surface area (Å²) < 4.78 is 77.5. The molecule has 0 aromatic heterocycles. The van der Waals surface area contributed by atoms with Crippen LogP contribution < -0.4 is 19.1 Å². The number of hydrogen-bond acceptors (Lipinski definition) is 5. The lowest BCUT2D eigenvalue weighted by atomic mass is 10.2. The minimum Gasteiger partial charge on any atom is -0.488 e. The van der Waals surface area contributed by atoms with Crippen LogP contribution in [0.4, 0.5) is 27.6 Å². The summed E-state index contributed by atoms with van der Waals surface area (Å²) in [5, 5.41) is -0.210. The Bertz CT molecular complexity index is 992. The van der Waals surface area contributed by atoms with Gasteiger partial charge in [-0.3, -0.25) is 9.52 Å². The predicted molar refractivity (Wildman–Crippen MR) is 111 cm³/mol. The molecule has 1 aliphatic heterocycles. The van der Waals surface area contributed by atoms with Gasteiger partial charge in [-0.2, -0.15) is 0 Å². The summed E-state index contributed by atoms with van der Waals surface area (Å²) >= 11 is 6.88. The summed E-state index contributed by atoms with van der Waals surface area (Å²) in [6.07, 6.45) is -1.87. The largest absolute Gasteiger partial charge is 0.573 e. The monoisotopic (exact) mass is 496 g/mol. The summed E-state index contributed by atoms with van der Waals surface area (Å²) in [4.78, 5) is 13.6. The van der Waals surface area contributed by atoms with Crippen LogP contribution in [0.2, 0.25) is 5.02 Å². The molecule has 1 N–H and O–H groups in total. The second kappa shape index (κ2) is 10.0. The van der Waals surface area contributed by atoms with Crippen LogP contribution in [-0.2, 0) is 0 Å². The first-order chi connectivity index (χ1) is 15.1. The quantitative estimate of drug-likeness (QED) is 0.401. The van der Waals surface area contributed by atoms with E-state index in [0.717, 1.165) is 36.6 Å². The Morgan fingerprint density at radius 2 is 1.97 bits per heavy atom. The molecule has 2 aromatic carbocycles. The maximum absolute atomic E-state index is 14.3. The molecule has 1 aliphatic rings. The highest BCUT2D eigenvalue weighted by molar-refractivity contribution is 7.97.